The number of benzene rings is 12. The fourth-order valence-electron chi connectivity index (χ4n) is 17.4. The summed E-state index contributed by atoms with van der Waals surface area (Å²) < 4.78 is 134. The molecule has 133 heavy (non-hydrogen) atoms. The average Bonchev–Trinajstić information content (AvgIpc) is 0.744. The summed E-state index contributed by atoms with van der Waals surface area (Å²) in [6, 6.07) is 99.4. The fourth-order valence-corrected chi connectivity index (χ4v) is 26.5. The second-order valence-corrected chi connectivity index (χ2v) is 41.6. The number of carbonyl (C=O) groups is 5. The molecule has 0 heterocycles. The molecule has 4 bridgehead atoms. The highest BCUT2D eigenvalue weighted by atomic mass is 32.2. The van der Waals surface area contributed by atoms with E-state index in [-0.39, 0.29) is 71.5 Å². The molecule has 0 aromatic heterocycles. The molecular formula is C109H111F7O13S4+4. The van der Waals surface area contributed by atoms with E-state index in [0.717, 1.165) is 107 Å². The van der Waals surface area contributed by atoms with Crippen LogP contribution >= 0.6 is 0 Å². The van der Waals surface area contributed by atoms with Gasteiger partial charge < -0.3 is 37.9 Å². The van der Waals surface area contributed by atoms with Gasteiger partial charge in [0, 0.05) is 61.9 Å². The molecule has 12 aromatic carbocycles. The molecular weight excluding hydrogens is 1780 g/mol. The van der Waals surface area contributed by atoms with Gasteiger partial charge in [-0.2, -0.15) is 22.0 Å². The van der Waals surface area contributed by atoms with Crippen molar-refractivity contribution in [1.29, 1.82) is 0 Å². The van der Waals surface area contributed by atoms with E-state index in [9.17, 15) is 54.7 Å². The first kappa shape index (κ1) is 100. The van der Waals surface area contributed by atoms with Crippen LogP contribution in [0.1, 0.15) is 110 Å². The zero-order valence-corrected chi connectivity index (χ0v) is 79.6. The van der Waals surface area contributed by atoms with Gasteiger partial charge in [-0.25, -0.2) is 28.0 Å². The molecule has 0 saturated heterocycles. The molecule has 13 nitrogen and oxygen atoms in total. The zero-order chi connectivity index (χ0) is 95.2. The summed E-state index contributed by atoms with van der Waals surface area (Å²) in [5.41, 5.74) is 6.76. The SMILES string of the molecule is CC(=O)OCC(=O)Oc1c(C)cc([S+](c2ccccc2)c2ccccc2)cc1C.COC(=O)COc1c(C)cc([S+](c2ccccc2)c2ccccc2)cc1C.Cc1cc([S+](c2ccccc2)c2ccccc2)cc(C)c1OCC(=O)OCC(=O)OC1(C)C2CC3CC(C2)CC1C3.Cc1cc([S+](c2ccccc2)c2ccccc2)cc(C)c1OCCCC(F)(F)CC(F)(F)C(F)(F)F. The van der Waals surface area contributed by atoms with E-state index in [1.54, 1.807) is 0 Å². The molecule has 4 fully saturated rings. The van der Waals surface area contributed by atoms with Crippen LogP contribution in [-0.2, 0) is 86.5 Å². The summed E-state index contributed by atoms with van der Waals surface area (Å²) in [6.07, 6.45) is -4.14. The normalized spacial score (nSPS) is 16.0. The molecule has 12 aromatic rings. The van der Waals surface area contributed by atoms with Crippen molar-refractivity contribution in [2.75, 3.05) is 40.1 Å². The maximum Gasteiger partial charge on any atom is 0.453 e. The van der Waals surface area contributed by atoms with Crippen molar-refractivity contribution in [3.63, 3.8) is 0 Å². The quantitative estimate of drug-likeness (QED) is 0.0101. The largest absolute Gasteiger partial charge is 0.493 e. The van der Waals surface area contributed by atoms with E-state index >= 15 is 0 Å². The van der Waals surface area contributed by atoms with Crippen LogP contribution in [0.2, 0.25) is 0 Å². The standard InChI is InChI=1S/C35H39O5S.C27H26F7OS.C24H23O4S.C23H23O3S/c1-23-14-31(41(29-10-6-4-7-11-29)30-12-8-5-9-13-30)15-24(2)34(23)39-21-32(36)38-22-33(37)40-35(3)27-17-25-16-26(19-27)20-28(35)18-25;1-19-16-23(36(21-10-5-3-6-11-21)22-12-7-4-8-13-22)17-20(2)24(19)35-15-9-14-25(28,29)18-26(30,31)27(32,33)34;1-17-14-22(15-18(2)24(17)28-23(26)16-27-19(3)25)29(20-10-6-4-7-11-20)21-12-8-5-9-13-21;1-17-14-21(15-18(2)23(17)26-16-22(24)25-3)27(19-10-6-4-7-11-19)20-12-8-5-9-13-20/h4-15,25-28H,16-22H2,1-3H3;3-8,10-13,16-17H,9,14-15,18H2,1-2H3;4-15H,16H2,1-3H3;4-15H,16H2,1-3H3/q4*+1. The van der Waals surface area contributed by atoms with Gasteiger partial charge in [0.05, 0.1) is 63.7 Å². The second-order valence-electron chi connectivity index (χ2n) is 33.5. The minimum absolute atomic E-state index is 0.0827. The number of hydrogen-bond acceptors (Lipinski definition) is 13. The summed E-state index contributed by atoms with van der Waals surface area (Å²) in [4.78, 5) is 73.9. The Hall–Kier alpha value is -11.7. The number of methoxy groups -OCH3 is 1. The van der Waals surface area contributed by atoms with Crippen LogP contribution < -0.4 is 18.9 Å². The lowest BCUT2D eigenvalue weighted by Crippen LogP contribution is -2.58. The molecule has 4 saturated carbocycles. The topological polar surface area (TPSA) is 159 Å². The van der Waals surface area contributed by atoms with E-state index in [4.69, 9.17) is 33.2 Å². The first-order valence-electron chi connectivity index (χ1n) is 44.0. The number of aryl methyl sites for hydroxylation is 8. The summed E-state index contributed by atoms with van der Waals surface area (Å²) in [7, 11) is 0.211. The van der Waals surface area contributed by atoms with Crippen molar-refractivity contribution in [1.82, 2.24) is 0 Å². The molecule has 4 aliphatic rings. The Labute approximate surface area is 786 Å². The van der Waals surface area contributed by atoms with Gasteiger partial charge in [-0.15, -0.1) is 0 Å². The minimum Gasteiger partial charge on any atom is -0.493 e. The maximum atomic E-state index is 13.8. The van der Waals surface area contributed by atoms with Gasteiger partial charge in [-0.05, 0) is 266 Å². The molecule has 0 N–H and O–H groups in total. The van der Waals surface area contributed by atoms with E-state index in [2.05, 4.69) is 169 Å². The molecule has 24 heteroatoms. The van der Waals surface area contributed by atoms with Gasteiger partial charge in [0.15, 0.2) is 85.2 Å². The molecule has 0 spiro atoms. The van der Waals surface area contributed by atoms with Crippen LogP contribution in [0.15, 0.2) is 350 Å². The Balaban J connectivity index is 0.000000162. The summed E-state index contributed by atoms with van der Waals surface area (Å²) in [5.74, 6) is -7.30. The Bertz CT molecular complexity index is 5610. The number of alkyl halides is 7. The van der Waals surface area contributed by atoms with Gasteiger partial charge >= 0.3 is 41.9 Å². The lowest BCUT2D eigenvalue weighted by Gasteiger charge is -2.59. The maximum absolute atomic E-state index is 13.8. The molecule has 0 unspecified atom stereocenters. The highest BCUT2D eigenvalue weighted by Gasteiger charge is 2.62. The van der Waals surface area contributed by atoms with Gasteiger partial charge in [-0.3, -0.25) is 4.79 Å². The van der Waals surface area contributed by atoms with Crippen LogP contribution in [0.25, 0.3) is 0 Å². The van der Waals surface area contributed by atoms with Crippen molar-refractivity contribution < 1.29 is 92.6 Å². The van der Waals surface area contributed by atoms with E-state index in [1.807, 2.05) is 189 Å². The average molecular weight is 1890 g/mol. The summed E-state index contributed by atoms with van der Waals surface area (Å²) in [6.45, 7) is 17.5. The lowest BCUT2D eigenvalue weighted by molar-refractivity contribution is -0.301. The third-order valence-electron chi connectivity index (χ3n) is 23.3. The van der Waals surface area contributed by atoms with Crippen molar-refractivity contribution in [3.8, 4) is 23.0 Å². The van der Waals surface area contributed by atoms with E-state index < -0.39 is 77.8 Å². The minimum atomic E-state index is -6.01. The first-order chi connectivity index (χ1) is 63.7. The van der Waals surface area contributed by atoms with Crippen molar-refractivity contribution in [3.05, 3.63) is 336 Å². The molecule has 16 rings (SSSR count). The molecule has 4 aliphatic carbocycles. The highest BCUT2D eigenvalue weighted by molar-refractivity contribution is 7.98. The van der Waals surface area contributed by atoms with Gasteiger partial charge in [0.25, 0.3) is 5.92 Å². The monoisotopic (exact) mass is 1890 g/mol. The molecule has 0 atom stereocenters. The summed E-state index contributed by atoms with van der Waals surface area (Å²) >= 11 is 0. The Morgan fingerprint density at radius 3 is 0.887 bits per heavy atom. The van der Waals surface area contributed by atoms with Crippen molar-refractivity contribution >= 4 is 73.4 Å². The number of carbonyl (C=O) groups excluding carboxylic acids is 5. The van der Waals surface area contributed by atoms with Gasteiger partial charge in [0.2, 0.25) is 0 Å². The number of halogens is 7. The number of esters is 5. The fraction of sp³-hybridized carbons (Fsp3) is 0.294. The molecule has 0 radical (unpaired) electrons. The highest BCUT2D eigenvalue weighted by Crippen LogP contribution is 2.60. The molecule has 0 amide bonds. The van der Waals surface area contributed by atoms with Gasteiger partial charge in [0.1, 0.15) is 28.6 Å². The Morgan fingerprint density at radius 1 is 0.338 bits per heavy atom. The van der Waals surface area contributed by atoms with E-state index in [0.29, 0.717) is 29.1 Å². The lowest BCUT2D eigenvalue weighted by atomic mass is 9.50. The molecule has 0 aliphatic heterocycles. The van der Waals surface area contributed by atoms with Crippen LogP contribution in [0, 0.1) is 79.1 Å². The number of hydrogen-bond donors (Lipinski definition) is 0. The zero-order valence-electron chi connectivity index (χ0n) is 76.3. The third-order valence-corrected chi connectivity index (χ3v) is 32.1. The number of ether oxygens (including phenoxy) is 8. The Morgan fingerprint density at radius 2 is 0.609 bits per heavy atom. The second kappa shape index (κ2) is 46.3. The van der Waals surface area contributed by atoms with Gasteiger partial charge in [-0.1, -0.05) is 146 Å². The first-order valence-corrected chi connectivity index (χ1v) is 48.9. The smallest absolute Gasteiger partial charge is 0.453 e. The third kappa shape index (κ3) is 26.9. The Kier molecular flexibility index (Phi) is 34.9. The van der Waals surface area contributed by atoms with Crippen LogP contribution in [-0.4, -0.2) is 93.6 Å². The predicted octanol–water partition coefficient (Wildman–Crippen LogP) is 25.7. The number of rotatable bonds is 31. The summed E-state index contributed by atoms with van der Waals surface area (Å²) in [5, 5.41) is 0. The van der Waals surface area contributed by atoms with E-state index in [1.165, 1.54) is 59.6 Å². The van der Waals surface area contributed by atoms with Crippen LogP contribution in [0.3, 0.4) is 0 Å². The van der Waals surface area contributed by atoms with Crippen molar-refractivity contribution in [2.24, 2.45) is 23.7 Å². The van der Waals surface area contributed by atoms with Crippen LogP contribution in [0.4, 0.5) is 30.7 Å². The van der Waals surface area contributed by atoms with Crippen LogP contribution in [0.5, 0.6) is 23.0 Å². The van der Waals surface area contributed by atoms with Crippen molar-refractivity contribution in [2.45, 2.75) is 203 Å². The molecule has 694 valence electrons. The predicted molar refractivity (Wildman–Crippen MR) is 507 cm³/mol.